The highest BCUT2D eigenvalue weighted by Gasteiger charge is 2.38. The van der Waals surface area contributed by atoms with Gasteiger partial charge in [0.15, 0.2) is 5.17 Å². The number of aliphatic imine (C=N–C) groups is 1. The molecule has 2 aliphatic heterocycles. The fourth-order valence-corrected chi connectivity index (χ4v) is 5.61. The molecule has 0 spiro atoms. The van der Waals surface area contributed by atoms with Crippen molar-refractivity contribution >= 4 is 46.3 Å². The Morgan fingerprint density at radius 3 is 2.70 bits per heavy atom. The first kappa shape index (κ1) is 22.5. The average Bonchev–Trinajstić information content (AvgIpc) is 3.24. The zero-order chi connectivity index (χ0) is 21.5. The maximum Gasteiger partial charge on any atom is 0.305 e. The van der Waals surface area contributed by atoms with Crippen molar-refractivity contribution in [2.24, 2.45) is 4.99 Å². The number of unbranched alkanes of at least 4 members (excludes halogenated alkanes) is 3. The molecule has 0 aromatic heterocycles. The van der Waals surface area contributed by atoms with Crippen LogP contribution in [0.25, 0.3) is 0 Å². The number of hydrogen-bond acceptors (Lipinski definition) is 7. The fraction of sp³-hybridized carbons (Fsp3) is 0.409. The summed E-state index contributed by atoms with van der Waals surface area (Å²) in [6.45, 7) is 4.89. The summed E-state index contributed by atoms with van der Waals surface area (Å²) in [7, 11) is 3.41. The van der Waals surface area contributed by atoms with E-state index in [1.165, 1.54) is 18.9 Å². The van der Waals surface area contributed by atoms with Crippen LogP contribution in [0, 0.1) is 0 Å². The Morgan fingerprint density at radius 2 is 1.97 bits per heavy atom. The smallest absolute Gasteiger partial charge is 0.305 e. The molecule has 0 aliphatic carbocycles. The van der Waals surface area contributed by atoms with Crippen LogP contribution in [0.4, 0.5) is 5.69 Å². The Balaban J connectivity index is 1.63. The highest BCUT2D eigenvalue weighted by molar-refractivity contribution is 8.19. The molecule has 8 heteroatoms. The molecular weight excluding hydrogens is 418 g/mol. The molecule has 0 saturated carbocycles. The number of amides is 1. The number of esters is 1. The van der Waals surface area contributed by atoms with Gasteiger partial charge in [-0.25, -0.2) is 0 Å². The number of methoxy groups -OCH3 is 1. The minimum Gasteiger partial charge on any atom is -0.469 e. The molecule has 6 nitrogen and oxygen atoms in total. The lowest BCUT2D eigenvalue weighted by Gasteiger charge is -2.15. The van der Waals surface area contributed by atoms with Crippen LogP contribution in [0.2, 0.25) is 0 Å². The molecule has 1 amide bonds. The number of carbonyl (C=O) groups is 2. The first-order valence-electron chi connectivity index (χ1n) is 10.0. The topological polar surface area (TPSA) is 62.2 Å². The molecule has 1 aromatic carbocycles. The third kappa shape index (κ3) is 5.10. The zero-order valence-electron chi connectivity index (χ0n) is 17.4. The Bertz CT molecular complexity index is 882. The van der Waals surface area contributed by atoms with E-state index in [0.29, 0.717) is 19.5 Å². The van der Waals surface area contributed by atoms with E-state index >= 15 is 0 Å². The SMILES string of the molecule is C=CCN1C(=O)/C(=C2\Sc3ccccc3N2C)SC1=NCCCCCCC(=O)OC. The predicted molar refractivity (Wildman–Crippen MR) is 125 cm³/mol. The van der Waals surface area contributed by atoms with E-state index in [-0.39, 0.29) is 11.9 Å². The second-order valence-corrected chi connectivity index (χ2v) is 8.98. The number of hydrogen-bond donors (Lipinski definition) is 0. The van der Waals surface area contributed by atoms with Crippen LogP contribution >= 0.6 is 23.5 Å². The Kier molecular flexibility index (Phi) is 8.04. The Labute approximate surface area is 186 Å². The lowest BCUT2D eigenvalue weighted by atomic mass is 10.1. The number of para-hydroxylation sites is 1. The molecule has 160 valence electrons. The molecular formula is C22H27N3O3S2. The van der Waals surface area contributed by atoms with E-state index in [1.807, 2.05) is 19.2 Å². The summed E-state index contributed by atoms with van der Waals surface area (Å²) < 4.78 is 4.65. The molecule has 1 fully saturated rings. The first-order valence-corrected chi connectivity index (χ1v) is 11.7. The van der Waals surface area contributed by atoms with Crippen molar-refractivity contribution in [3.05, 3.63) is 46.9 Å². The highest BCUT2D eigenvalue weighted by atomic mass is 32.2. The minimum absolute atomic E-state index is 0.0149. The first-order chi connectivity index (χ1) is 14.6. The molecule has 1 aromatic rings. The lowest BCUT2D eigenvalue weighted by molar-refractivity contribution is -0.140. The van der Waals surface area contributed by atoms with Gasteiger partial charge in [0, 0.05) is 31.5 Å². The fourth-order valence-electron chi connectivity index (χ4n) is 3.26. The van der Waals surface area contributed by atoms with Crippen LogP contribution in [-0.2, 0) is 14.3 Å². The normalized spacial score (nSPS) is 19.5. The molecule has 0 bridgehead atoms. The van der Waals surface area contributed by atoms with Gasteiger partial charge in [-0.3, -0.25) is 19.5 Å². The maximum atomic E-state index is 13.1. The summed E-state index contributed by atoms with van der Waals surface area (Å²) in [4.78, 5) is 34.6. The minimum atomic E-state index is -0.159. The van der Waals surface area contributed by atoms with Crippen LogP contribution in [0.5, 0.6) is 0 Å². The molecule has 30 heavy (non-hydrogen) atoms. The van der Waals surface area contributed by atoms with Crippen molar-refractivity contribution in [1.82, 2.24) is 4.90 Å². The number of ether oxygens (including phenoxy) is 1. The van der Waals surface area contributed by atoms with Gasteiger partial charge in [-0.1, -0.05) is 42.8 Å². The van der Waals surface area contributed by atoms with E-state index in [4.69, 9.17) is 4.99 Å². The van der Waals surface area contributed by atoms with Crippen molar-refractivity contribution in [2.45, 2.75) is 37.0 Å². The van der Waals surface area contributed by atoms with Gasteiger partial charge in [-0.15, -0.1) is 6.58 Å². The van der Waals surface area contributed by atoms with Crippen LogP contribution in [0.1, 0.15) is 32.1 Å². The van der Waals surface area contributed by atoms with Gasteiger partial charge in [0.2, 0.25) is 0 Å². The van der Waals surface area contributed by atoms with E-state index < -0.39 is 0 Å². The molecule has 1 saturated heterocycles. The van der Waals surface area contributed by atoms with E-state index in [1.54, 1.807) is 22.7 Å². The summed E-state index contributed by atoms with van der Waals surface area (Å²) in [6, 6.07) is 8.16. The van der Waals surface area contributed by atoms with Crippen LogP contribution in [0.15, 0.2) is 56.7 Å². The highest BCUT2D eigenvalue weighted by Crippen LogP contribution is 2.49. The largest absolute Gasteiger partial charge is 0.469 e. The van der Waals surface area contributed by atoms with Gasteiger partial charge in [0.1, 0.15) is 4.91 Å². The number of rotatable bonds is 9. The van der Waals surface area contributed by atoms with Gasteiger partial charge in [-0.05, 0) is 36.7 Å². The number of benzene rings is 1. The lowest BCUT2D eigenvalue weighted by Crippen LogP contribution is -2.30. The Morgan fingerprint density at radius 1 is 1.20 bits per heavy atom. The van der Waals surface area contributed by atoms with Crippen molar-refractivity contribution in [2.75, 3.05) is 32.1 Å². The zero-order valence-corrected chi connectivity index (χ0v) is 19.1. The number of carbonyl (C=O) groups excluding carboxylic acids is 2. The average molecular weight is 446 g/mol. The second-order valence-electron chi connectivity index (χ2n) is 6.97. The summed E-state index contributed by atoms with van der Waals surface area (Å²) in [6.07, 6.45) is 5.92. The van der Waals surface area contributed by atoms with Gasteiger partial charge in [0.05, 0.1) is 17.8 Å². The standard InChI is InChI=1S/C22H27N3O3S2/c1-4-15-25-20(27)19(21-24(2)16-11-8-9-12-17(16)29-21)30-22(25)23-14-10-6-5-7-13-18(26)28-3/h4,8-9,11-12H,1,5-7,10,13-15H2,2-3H3/b21-19+,23-22?. The predicted octanol–water partition coefficient (Wildman–Crippen LogP) is 4.64. The molecule has 0 unspecified atom stereocenters. The molecule has 2 heterocycles. The molecule has 3 rings (SSSR count). The van der Waals surface area contributed by atoms with E-state index in [2.05, 4.69) is 28.3 Å². The number of amidine groups is 1. The van der Waals surface area contributed by atoms with Gasteiger partial charge in [0.25, 0.3) is 5.91 Å². The monoisotopic (exact) mass is 445 g/mol. The number of thioether (sulfide) groups is 2. The van der Waals surface area contributed by atoms with Crippen molar-refractivity contribution in [3.8, 4) is 0 Å². The van der Waals surface area contributed by atoms with Crippen molar-refractivity contribution < 1.29 is 14.3 Å². The molecule has 0 N–H and O–H groups in total. The summed E-state index contributed by atoms with van der Waals surface area (Å²) in [5, 5.41) is 1.69. The maximum absolute atomic E-state index is 13.1. The molecule has 0 atom stereocenters. The third-order valence-corrected chi connectivity index (χ3v) is 7.34. The van der Waals surface area contributed by atoms with Gasteiger partial charge >= 0.3 is 5.97 Å². The number of fused-ring (bicyclic) bond motifs is 1. The number of nitrogens with zero attached hydrogens (tertiary/aromatic N) is 3. The van der Waals surface area contributed by atoms with Crippen molar-refractivity contribution in [3.63, 3.8) is 0 Å². The van der Waals surface area contributed by atoms with Crippen molar-refractivity contribution in [1.29, 1.82) is 0 Å². The summed E-state index contributed by atoms with van der Waals surface area (Å²) in [5.74, 6) is -0.174. The van der Waals surface area contributed by atoms with E-state index in [9.17, 15) is 9.59 Å². The van der Waals surface area contributed by atoms with E-state index in [0.717, 1.165) is 51.4 Å². The van der Waals surface area contributed by atoms with Crippen LogP contribution in [0.3, 0.4) is 0 Å². The number of anilines is 1. The summed E-state index contributed by atoms with van der Waals surface area (Å²) >= 11 is 3.08. The third-order valence-electron chi connectivity index (χ3n) is 4.87. The van der Waals surface area contributed by atoms with Crippen LogP contribution in [-0.4, -0.2) is 49.2 Å². The molecule has 0 radical (unpaired) electrons. The Hall–Kier alpha value is -2.19. The molecule has 2 aliphatic rings. The van der Waals surface area contributed by atoms with Gasteiger partial charge in [-0.2, -0.15) is 0 Å². The van der Waals surface area contributed by atoms with Crippen LogP contribution < -0.4 is 4.90 Å². The second kappa shape index (κ2) is 10.7. The summed E-state index contributed by atoms with van der Waals surface area (Å²) in [5.41, 5.74) is 1.12. The van der Waals surface area contributed by atoms with Gasteiger partial charge < -0.3 is 9.64 Å². The quantitative estimate of drug-likeness (QED) is 0.239.